The molecular weight excluding hydrogens is 402 g/mol. The highest BCUT2D eigenvalue weighted by Gasteiger charge is 2.25. The van der Waals surface area contributed by atoms with Gasteiger partial charge >= 0.3 is 0 Å². The number of nitro benzene ring substituents is 1. The van der Waals surface area contributed by atoms with E-state index in [1.54, 1.807) is 24.3 Å². The van der Waals surface area contributed by atoms with Crippen molar-refractivity contribution in [2.24, 2.45) is 5.92 Å². The van der Waals surface area contributed by atoms with E-state index >= 15 is 0 Å². The summed E-state index contributed by atoms with van der Waals surface area (Å²) in [6, 6.07) is 13.7. The molecule has 1 saturated heterocycles. The molecule has 0 saturated carbocycles. The molecule has 2 aromatic carbocycles. The number of nitrogens with zero attached hydrogens (tertiary/aromatic N) is 2. The zero-order valence-corrected chi connectivity index (χ0v) is 17.6. The number of carbonyl (C=O) groups excluding carboxylic acids is 1. The summed E-state index contributed by atoms with van der Waals surface area (Å²) >= 11 is 5.90. The Balaban J connectivity index is 1.31. The van der Waals surface area contributed by atoms with Gasteiger partial charge < -0.3 is 10.2 Å². The lowest BCUT2D eigenvalue weighted by molar-refractivity contribution is -0.384. The highest BCUT2D eigenvalue weighted by Crippen LogP contribution is 2.22. The summed E-state index contributed by atoms with van der Waals surface area (Å²) in [5, 5.41) is 14.7. The number of rotatable bonds is 9. The van der Waals surface area contributed by atoms with E-state index in [9.17, 15) is 14.9 Å². The van der Waals surface area contributed by atoms with Crippen molar-refractivity contribution in [1.29, 1.82) is 0 Å². The van der Waals surface area contributed by atoms with Gasteiger partial charge in [-0.15, -0.1) is 0 Å². The Kier molecular flexibility index (Phi) is 8.13. The molecule has 1 N–H and O–H groups in total. The third-order valence-corrected chi connectivity index (χ3v) is 5.62. The number of ketones is 1. The minimum absolute atomic E-state index is 0.0972. The molecule has 3 rings (SSSR count). The molecule has 0 aromatic heterocycles. The van der Waals surface area contributed by atoms with Gasteiger partial charge in [-0.1, -0.05) is 23.8 Å². The van der Waals surface area contributed by atoms with E-state index in [-0.39, 0.29) is 17.4 Å². The highest BCUT2D eigenvalue weighted by molar-refractivity contribution is 6.30. The maximum Gasteiger partial charge on any atom is 0.269 e. The fourth-order valence-electron chi connectivity index (χ4n) is 3.59. The van der Waals surface area contributed by atoms with Crippen LogP contribution in [0.15, 0.2) is 54.6 Å². The Morgan fingerprint density at radius 2 is 1.80 bits per heavy atom. The average molecular weight is 428 g/mol. The fraction of sp³-hybridized carbons (Fsp3) is 0.348. The van der Waals surface area contributed by atoms with Crippen molar-refractivity contribution in [2.45, 2.75) is 12.8 Å². The minimum Gasteiger partial charge on any atom is -0.312 e. The molecule has 0 unspecified atom stereocenters. The smallest absolute Gasteiger partial charge is 0.269 e. The van der Waals surface area contributed by atoms with E-state index in [0.29, 0.717) is 5.02 Å². The van der Waals surface area contributed by atoms with Crippen LogP contribution < -0.4 is 5.32 Å². The maximum absolute atomic E-state index is 12.6. The number of likely N-dealkylation sites (tertiary alicyclic amines) is 1. The summed E-state index contributed by atoms with van der Waals surface area (Å²) in [6.07, 6.45) is 5.74. The molecule has 0 radical (unpaired) electrons. The highest BCUT2D eigenvalue weighted by atomic mass is 35.5. The second-order valence-electron chi connectivity index (χ2n) is 7.44. The van der Waals surface area contributed by atoms with Gasteiger partial charge in [0.05, 0.1) is 4.92 Å². The van der Waals surface area contributed by atoms with Crippen LogP contribution in [0.4, 0.5) is 5.69 Å². The molecule has 6 nitrogen and oxygen atoms in total. The van der Waals surface area contributed by atoms with Crippen molar-refractivity contribution < 1.29 is 9.72 Å². The van der Waals surface area contributed by atoms with Crippen molar-refractivity contribution in [3.05, 3.63) is 80.9 Å². The van der Waals surface area contributed by atoms with E-state index in [1.807, 2.05) is 24.3 Å². The molecular formula is C23H26ClN3O3. The Morgan fingerprint density at radius 1 is 1.13 bits per heavy atom. The summed E-state index contributed by atoms with van der Waals surface area (Å²) < 4.78 is 0. The minimum atomic E-state index is -0.397. The molecule has 1 fully saturated rings. The Labute approximate surface area is 181 Å². The van der Waals surface area contributed by atoms with Gasteiger partial charge in [0, 0.05) is 48.3 Å². The maximum atomic E-state index is 12.6. The van der Waals surface area contributed by atoms with Gasteiger partial charge in [0.15, 0.2) is 5.78 Å². The zero-order chi connectivity index (χ0) is 21.3. The number of hydrogen-bond acceptors (Lipinski definition) is 5. The molecule has 7 heteroatoms. The predicted molar refractivity (Wildman–Crippen MR) is 120 cm³/mol. The summed E-state index contributed by atoms with van der Waals surface area (Å²) in [5.41, 5.74) is 1.79. The van der Waals surface area contributed by atoms with Crippen molar-refractivity contribution in [3.8, 4) is 0 Å². The number of carbonyl (C=O) groups is 1. The third kappa shape index (κ3) is 6.49. The lowest BCUT2D eigenvalue weighted by Crippen LogP contribution is -2.40. The van der Waals surface area contributed by atoms with Gasteiger partial charge in [-0.05, 0) is 67.9 Å². The van der Waals surface area contributed by atoms with Crippen LogP contribution in [0.3, 0.4) is 0 Å². The second-order valence-corrected chi connectivity index (χ2v) is 7.88. The van der Waals surface area contributed by atoms with Crippen molar-refractivity contribution in [2.75, 3.05) is 32.7 Å². The Morgan fingerprint density at radius 3 is 2.43 bits per heavy atom. The van der Waals surface area contributed by atoms with Crippen LogP contribution in [-0.2, 0) is 0 Å². The molecule has 158 valence electrons. The summed E-state index contributed by atoms with van der Waals surface area (Å²) in [7, 11) is 0. The van der Waals surface area contributed by atoms with Gasteiger partial charge in [-0.3, -0.25) is 14.9 Å². The third-order valence-electron chi connectivity index (χ3n) is 5.37. The van der Waals surface area contributed by atoms with Gasteiger partial charge in [0.2, 0.25) is 0 Å². The monoisotopic (exact) mass is 427 g/mol. The number of non-ortho nitro benzene ring substituents is 1. The van der Waals surface area contributed by atoms with Crippen molar-refractivity contribution >= 4 is 29.1 Å². The molecule has 30 heavy (non-hydrogen) atoms. The van der Waals surface area contributed by atoms with Gasteiger partial charge in [0.25, 0.3) is 5.69 Å². The van der Waals surface area contributed by atoms with Gasteiger partial charge in [-0.2, -0.15) is 0 Å². The quantitative estimate of drug-likeness (QED) is 0.277. The topological polar surface area (TPSA) is 75.5 Å². The molecule has 2 aromatic rings. The van der Waals surface area contributed by atoms with Crippen molar-refractivity contribution in [3.63, 3.8) is 0 Å². The fourth-order valence-corrected chi connectivity index (χ4v) is 3.72. The number of nitro groups is 1. The summed E-state index contributed by atoms with van der Waals surface area (Å²) in [5.74, 6) is 0.320. The van der Waals surface area contributed by atoms with Gasteiger partial charge in [0.1, 0.15) is 0 Å². The number of piperidine rings is 1. The largest absolute Gasteiger partial charge is 0.312 e. The van der Waals surface area contributed by atoms with Crippen LogP contribution in [0.25, 0.3) is 6.08 Å². The predicted octanol–water partition coefficient (Wildman–Crippen LogP) is 4.45. The molecule has 1 heterocycles. The first-order chi connectivity index (χ1) is 14.5. The van der Waals surface area contributed by atoms with Crippen LogP contribution in [0.5, 0.6) is 0 Å². The van der Waals surface area contributed by atoms with E-state index in [1.165, 1.54) is 12.1 Å². The number of hydrogen-bond donors (Lipinski definition) is 1. The standard InChI is InChI=1S/C23H26ClN3O3/c24-21-7-5-19(6-8-21)23(28)20-11-15-26(16-12-20)17-14-25-13-1-2-18-3-9-22(10-4-18)27(29)30/h1-10,20,25H,11-17H2. The number of halogens is 1. The Bertz CT molecular complexity index is 874. The second kappa shape index (κ2) is 11.0. The summed E-state index contributed by atoms with van der Waals surface area (Å²) in [6.45, 7) is 4.44. The van der Waals surface area contributed by atoms with E-state index in [0.717, 1.165) is 56.7 Å². The number of benzene rings is 2. The molecule has 0 atom stereocenters. The zero-order valence-electron chi connectivity index (χ0n) is 16.8. The first-order valence-corrected chi connectivity index (χ1v) is 10.5. The van der Waals surface area contributed by atoms with Gasteiger partial charge in [-0.25, -0.2) is 0 Å². The van der Waals surface area contributed by atoms with Crippen LogP contribution in [0.2, 0.25) is 5.02 Å². The Hall–Kier alpha value is -2.54. The molecule has 0 amide bonds. The lowest BCUT2D eigenvalue weighted by Gasteiger charge is -2.31. The number of Topliss-reactive ketones (excluding diaryl/α,β-unsaturated/α-hetero) is 1. The average Bonchev–Trinajstić information content (AvgIpc) is 2.77. The SMILES string of the molecule is O=C(c1ccc(Cl)cc1)C1CCN(CCNCC=Cc2ccc([N+](=O)[O-])cc2)CC1. The van der Waals surface area contributed by atoms with E-state index < -0.39 is 4.92 Å². The molecule has 1 aliphatic heterocycles. The first-order valence-electron chi connectivity index (χ1n) is 10.2. The molecule has 0 spiro atoms. The molecule has 0 aliphatic carbocycles. The number of nitrogens with one attached hydrogen (secondary N) is 1. The van der Waals surface area contributed by atoms with E-state index in [2.05, 4.69) is 10.2 Å². The molecule has 0 bridgehead atoms. The van der Waals surface area contributed by atoms with Crippen molar-refractivity contribution in [1.82, 2.24) is 10.2 Å². The first kappa shape index (κ1) is 22.2. The van der Waals surface area contributed by atoms with Crippen LogP contribution in [-0.4, -0.2) is 48.3 Å². The molecule has 1 aliphatic rings. The lowest BCUT2D eigenvalue weighted by atomic mass is 9.89. The van der Waals surface area contributed by atoms with Crippen LogP contribution in [0, 0.1) is 16.0 Å². The van der Waals surface area contributed by atoms with Crippen LogP contribution in [0.1, 0.15) is 28.8 Å². The van der Waals surface area contributed by atoms with Crippen LogP contribution >= 0.6 is 11.6 Å². The van der Waals surface area contributed by atoms with E-state index in [4.69, 9.17) is 11.6 Å². The summed E-state index contributed by atoms with van der Waals surface area (Å²) in [4.78, 5) is 25.2. The normalized spacial score (nSPS) is 15.5.